The van der Waals surface area contributed by atoms with Crippen LogP contribution < -0.4 is 5.32 Å². The van der Waals surface area contributed by atoms with Crippen LogP contribution in [0.15, 0.2) is 18.2 Å². The molecule has 0 atom stereocenters. The van der Waals surface area contributed by atoms with Crippen LogP contribution in [0, 0.1) is 5.41 Å². The van der Waals surface area contributed by atoms with Gasteiger partial charge in [-0.05, 0) is 36.0 Å². The lowest BCUT2D eigenvalue weighted by Crippen LogP contribution is -2.34. The van der Waals surface area contributed by atoms with E-state index in [0.717, 1.165) is 5.56 Å². The van der Waals surface area contributed by atoms with Gasteiger partial charge in [-0.2, -0.15) is 0 Å². The van der Waals surface area contributed by atoms with Gasteiger partial charge in [0.15, 0.2) is 0 Å². The van der Waals surface area contributed by atoms with Crippen LogP contribution in [0.25, 0.3) is 0 Å². The van der Waals surface area contributed by atoms with E-state index >= 15 is 0 Å². The standard InChI is InChI=1S/C15H21Cl2NO2/c1-15(2,7-8-19)10-18-14(20)6-4-11-3-5-12(16)9-13(11)17/h3,5,9,19H,4,6-8,10H2,1-2H3,(H,18,20). The lowest BCUT2D eigenvalue weighted by molar-refractivity contribution is -0.121. The number of hydrogen-bond acceptors (Lipinski definition) is 2. The Kier molecular flexibility index (Phi) is 6.80. The van der Waals surface area contributed by atoms with Crippen molar-refractivity contribution in [1.82, 2.24) is 5.32 Å². The molecular weight excluding hydrogens is 297 g/mol. The van der Waals surface area contributed by atoms with Gasteiger partial charge >= 0.3 is 0 Å². The van der Waals surface area contributed by atoms with E-state index in [-0.39, 0.29) is 17.9 Å². The number of carbonyl (C=O) groups is 1. The number of carbonyl (C=O) groups excluding carboxylic acids is 1. The van der Waals surface area contributed by atoms with Crippen LogP contribution >= 0.6 is 23.2 Å². The molecule has 112 valence electrons. The molecule has 1 aromatic carbocycles. The number of amides is 1. The van der Waals surface area contributed by atoms with Crippen molar-refractivity contribution in [2.75, 3.05) is 13.2 Å². The molecule has 5 heteroatoms. The van der Waals surface area contributed by atoms with Crippen LogP contribution in [-0.2, 0) is 11.2 Å². The van der Waals surface area contributed by atoms with Crippen LogP contribution in [0.3, 0.4) is 0 Å². The summed E-state index contributed by atoms with van der Waals surface area (Å²) in [5.41, 5.74) is 0.823. The first-order valence-corrected chi connectivity index (χ1v) is 7.41. The molecule has 0 aliphatic heterocycles. The fourth-order valence-electron chi connectivity index (χ4n) is 1.79. The van der Waals surface area contributed by atoms with E-state index in [4.69, 9.17) is 28.3 Å². The first-order chi connectivity index (χ1) is 9.34. The lowest BCUT2D eigenvalue weighted by atomic mass is 9.90. The molecule has 3 nitrogen and oxygen atoms in total. The van der Waals surface area contributed by atoms with E-state index in [1.54, 1.807) is 12.1 Å². The van der Waals surface area contributed by atoms with Crippen molar-refractivity contribution in [2.24, 2.45) is 5.41 Å². The molecule has 1 rings (SSSR count). The van der Waals surface area contributed by atoms with Gasteiger partial charge in [0.25, 0.3) is 0 Å². The zero-order valence-corrected chi connectivity index (χ0v) is 13.4. The summed E-state index contributed by atoms with van der Waals surface area (Å²) in [4.78, 5) is 11.8. The SMILES string of the molecule is CC(C)(CCO)CNC(=O)CCc1ccc(Cl)cc1Cl. The molecule has 0 bridgehead atoms. The fraction of sp³-hybridized carbons (Fsp3) is 0.533. The third-order valence-corrected chi connectivity index (χ3v) is 3.78. The topological polar surface area (TPSA) is 49.3 Å². The van der Waals surface area contributed by atoms with Crippen molar-refractivity contribution < 1.29 is 9.90 Å². The molecular formula is C15H21Cl2NO2. The van der Waals surface area contributed by atoms with Crippen molar-refractivity contribution >= 4 is 29.1 Å². The minimum Gasteiger partial charge on any atom is -0.396 e. The first kappa shape index (κ1) is 17.3. The Morgan fingerprint density at radius 2 is 2.05 bits per heavy atom. The van der Waals surface area contributed by atoms with E-state index in [1.807, 2.05) is 19.9 Å². The Morgan fingerprint density at radius 1 is 1.35 bits per heavy atom. The minimum atomic E-state index is -0.0949. The highest BCUT2D eigenvalue weighted by molar-refractivity contribution is 6.35. The second kappa shape index (κ2) is 7.87. The minimum absolute atomic E-state index is 0.0120. The summed E-state index contributed by atoms with van der Waals surface area (Å²) in [6.07, 6.45) is 1.63. The van der Waals surface area contributed by atoms with Gasteiger partial charge in [0, 0.05) is 29.6 Å². The average molecular weight is 318 g/mol. The Labute approximate surface area is 130 Å². The monoisotopic (exact) mass is 317 g/mol. The predicted octanol–water partition coefficient (Wildman–Crippen LogP) is 3.45. The van der Waals surface area contributed by atoms with Crippen molar-refractivity contribution in [3.05, 3.63) is 33.8 Å². The largest absolute Gasteiger partial charge is 0.396 e. The molecule has 0 fully saturated rings. The zero-order valence-electron chi connectivity index (χ0n) is 11.9. The highest BCUT2D eigenvalue weighted by Gasteiger charge is 2.18. The van der Waals surface area contributed by atoms with E-state index < -0.39 is 0 Å². The van der Waals surface area contributed by atoms with Gasteiger partial charge < -0.3 is 10.4 Å². The number of hydrogen-bond donors (Lipinski definition) is 2. The molecule has 0 saturated heterocycles. The summed E-state index contributed by atoms with van der Waals surface area (Å²) in [5, 5.41) is 13.0. The molecule has 2 N–H and O–H groups in total. The van der Waals surface area contributed by atoms with Gasteiger partial charge in [-0.15, -0.1) is 0 Å². The van der Waals surface area contributed by atoms with Gasteiger partial charge in [-0.1, -0.05) is 43.1 Å². The number of benzene rings is 1. The molecule has 1 amide bonds. The highest BCUT2D eigenvalue weighted by atomic mass is 35.5. The number of aliphatic hydroxyl groups is 1. The van der Waals surface area contributed by atoms with Crippen molar-refractivity contribution in [3.63, 3.8) is 0 Å². The summed E-state index contributed by atoms with van der Waals surface area (Å²) in [7, 11) is 0. The smallest absolute Gasteiger partial charge is 0.220 e. The summed E-state index contributed by atoms with van der Waals surface area (Å²) in [6, 6.07) is 5.29. The number of halogens is 2. The summed E-state index contributed by atoms with van der Waals surface area (Å²) in [6.45, 7) is 4.71. The van der Waals surface area contributed by atoms with Crippen LogP contribution in [0.2, 0.25) is 10.0 Å². The molecule has 20 heavy (non-hydrogen) atoms. The number of rotatable bonds is 7. The highest BCUT2D eigenvalue weighted by Crippen LogP contribution is 2.22. The fourth-order valence-corrected chi connectivity index (χ4v) is 2.29. The van der Waals surface area contributed by atoms with Crippen LogP contribution in [0.5, 0.6) is 0 Å². The third-order valence-electron chi connectivity index (χ3n) is 3.19. The van der Waals surface area contributed by atoms with Crippen molar-refractivity contribution in [1.29, 1.82) is 0 Å². The second-order valence-electron chi connectivity index (χ2n) is 5.65. The van der Waals surface area contributed by atoms with Crippen LogP contribution in [0.1, 0.15) is 32.3 Å². The quantitative estimate of drug-likeness (QED) is 0.809. The Hall–Kier alpha value is -0.770. The molecule has 0 saturated carbocycles. The van der Waals surface area contributed by atoms with Gasteiger partial charge in [0.2, 0.25) is 5.91 Å². The summed E-state index contributed by atoms with van der Waals surface area (Å²) >= 11 is 11.9. The Morgan fingerprint density at radius 3 is 2.65 bits per heavy atom. The Balaban J connectivity index is 2.40. The summed E-state index contributed by atoms with van der Waals surface area (Å²) in [5.74, 6) is -0.0120. The molecule has 0 radical (unpaired) electrons. The maximum Gasteiger partial charge on any atom is 0.220 e. The molecule has 0 heterocycles. The predicted molar refractivity (Wildman–Crippen MR) is 83.3 cm³/mol. The van der Waals surface area contributed by atoms with Gasteiger partial charge in [-0.3, -0.25) is 4.79 Å². The van der Waals surface area contributed by atoms with E-state index in [2.05, 4.69) is 5.32 Å². The normalized spacial score (nSPS) is 11.4. The van der Waals surface area contributed by atoms with Gasteiger partial charge in [0.1, 0.15) is 0 Å². The third kappa shape index (κ3) is 6.12. The maximum absolute atomic E-state index is 11.8. The average Bonchev–Trinajstić information content (AvgIpc) is 2.35. The second-order valence-corrected chi connectivity index (χ2v) is 6.49. The molecule has 0 spiro atoms. The van der Waals surface area contributed by atoms with E-state index in [9.17, 15) is 4.79 Å². The molecule has 0 aliphatic carbocycles. The molecule has 1 aromatic rings. The van der Waals surface area contributed by atoms with E-state index in [1.165, 1.54) is 0 Å². The lowest BCUT2D eigenvalue weighted by Gasteiger charge is -2.23. The molecule has 0 unspecified atom stereocenters. The van der Waals surface area contributed by atoms with Gasteiger partial charge in [-0.25, -0.2) is 0 Å². The zero-order chi connectivity index (χ0) is 15.2. The van der Waals surface area contributed by atoms with Crippen molar-refractivity contribution in [2.45, 2.75) is 33.1 Å². The van der Waals surface area contributed by atoms with Crippen LogP contribution in [0.4, 0.5) is 0 Å². The number of aryl methyl sites for hydroxylation is 1. The molecule has 0 aromatic heterocycles. The number of nitrogens with one attached hydrogen (secondary N) is 1. The summed E-state index contributed by atoms with van der Waals surface area (Å²) < 4.78 is 0. The van der Waals surface area contributed by atoms with Gasteiger partial charge in [0.05, 0.1) is 0 Å². The van der Waals surface area contributed by atoms with Crippen LogP contribution in [-0.4, -0.2) is 24.2 Å². The maximum atomic E-state index is 11.8. The Bertz CT molecular complexity index is 461. The van der Waals surface area contributed by atoms with Crippen molar-refractivity contribution in [3.8, 4) is 0 Å². The first-order valence-electron chi connectivity index (χ1n) is 6.65. The molecule has 0 aliphatic rings. The van der Waals surface area contributed by atoms with E-state index in [0.29, 0.717) is 35.9 Å². The number of aliphatic hydroxyl groups excluding tert-OH is 1.